The Hall–Kier alpha value is -0.870. The van der Waals surface area contributed by atoms with E-state index in [2.05, 4.69) is 6.92 Å². The molecule has 0 heterocycles. The lowest BCUT2D eigenvalue weighted by atomic mass is 9.88. The van der Waals surface area contributed by atoms with E-state index in [0.717, 1.165) is 17.5 Å². The second kappa shape index (κ2) is 5.25. The molecule has 0 spiro atoms. The number of sulfone groups is 1. The van der Waals surface area contributed by atoms with Gasteiger partial charge < -0.3 is 5.11 Å². The second-order valence-corrected chi connectivity index (χ2v) is 7.97. The van der Waals surface area contributed by atoms with Crippen molar-refractivity contribution in [2.24, 2.45) is 5.92 Å². The van der Waals surface area contributed by atoms with Crippen LogP contribution in [0.5, 0.6) is 0 Å². The van der Waals surface area contributed by atoms with Crippen LogP contribution in [0.4, 0.5) is 0 Å². The van der Waals surface area contributed by atoms with Crippen LogP contribution in [-0.2, 0) is 9.84 Å². The van der Waals surface area contributed by atoms with Crippen LogP contribution in [0, 0.1) is 19.8 Å². The molecule has 1 aromatic carbocycles. The fourth-order valence-corrected chi connectivity index (χ4v) is 5.15. The van der Waals surface area contributed by atoms with Gasteiger partial charge in [0.15, 0.2) is 9.84 Å². The highest BCUT2D eigenvalue weighted by Crippen LogP contribution is 2.33. The van der Waals surface area contributed by atoms with Gasteiger partial charge in [-0.25, -0.2) is 8.42 Å². The molecule has 3 unspecified atom stereocenters. The number of hydrogen-bond donors (Lipinski definition) is 1. The van der Waals surface area contributed by atoms with E-state index in [0.29, 0.717) is 23.7 Å². The molecule has 0 saturated heterocycles. The third-order valence-corrected chi connectivity index (χ3v) is 6.43. The van der Waals surface area contributed by atoms with E-state index in [1.807, 2.05) is 26.0 Å². The first-order chi connectivity index (χ1) is 8.82. The van der Waals surface area contributed by atoms with Crippen molar-refractivity contribution in [3.05, 3.63) is 29.3 Å². The maximum atomic E-state index is 12.7. The van der Waals surface area contributed by atoms with Gasteiger partial charge >= 0.3 is 0 Å². The Labute approximate surface area is 115 Å². The van der Waals surface area contributed by atoms with Gasteiger partial charge in [-0.3, -0.25) is 0 Å². The third-order valence-electron chi connectivity index (χ3n) is 4.05. The molecule has 3 atom stereocenters. The zero-order chi connectivity index (χ0) is 14.2. The number of aliphatic hydroxyl groups is 1. The summed E-state index contributed by atoms with van der Waals surface area (Å²) in [5.74, 6) is 0.355. The number of aliphatic hydroxyl groups excluding tert-OH is 1. The summed E-state index contributed by atoms with van der Waals surface area (Å²) in [7, 11) is -3.44. The molecule has 0 bridgehead atoms. The molecule has 1 aromatic rings. The second-order valence-electron chi connectivity index (χ2n) is 5.84. The predicted octanol–water partition coefficient (Wildman–Crippen LogP) is 2.63. The molecular weight excluding hydrogens is 260 g/mol. The average Bonchev–Trinajstić information content (AvgIpc) is 2.31. The van der Waals surface area contributed by atoms with Crippen molar-refractivity contribution in [1.29, 1.82) is 0 Å². The maximum Gasteiger partial charge on any atom is 0.184 e. The zero-order valence-electron chi connectivity index (χ0n) is 11.8. The van der Waals surface area contributed by atoms with Crippen LogP contribution in [-0.4, -0.2) is 24.9 Å². The molecule has 3 nitrogen and oxygen atoms in total. The van der Waals surface area contributed by atoms with E-state index in [9.17, 15) is 13.5 Å². The van der Waals surface area contributed by atoms with Crippen molar-refractivity contribution in [1.82, 2.24) is 0 Å². The SMILES string of the molecule is Cc1ccc(S(=O)(=O)C2CC(C)CCC2O)c(C)c1. The first-order valence-corrected chi connectivity index (χ1v) is 8.36. The minimum absolute atomic E-state index is 0.355. The summed E-state index contributed by atoms with van der Waals surface area (Å²) in [5.41, 5.74) is 1.82. The lowest BCUT2D eigenvalue weighted by molar-refractivity contribution is 0.116. The fourth-order valence-electron chi connectivity index (χ4n) is 2.93. The Morgan fingerprint density at radius 1 is 1.21 bits per heavy atom. The predicted molar refractivity (Wildman–Crippen MR) is 75.9 cm³/mol. The third kappa shape index (κ3) is 2.84. The average molecular weight is 282 g/mol. The van der Waals surface area contributed by atoms with Crippen molar-refractivity contribution in [3.63, 3.8) is 0 Å². The highest BCUT2D eigenvalue weighted by Gasteiger charge is 2.38. The molecule has 1 saturated carbocycles. The van der Waals surface area contributed by atoms with Gasteiger partial charge in [0.2, 0.25) is 0 Å². The molecule has 0 aromatic heterocycles. The van der Waals surface area contributed by atoms with Gasteiger partial charge in [-0.1, -0.05) is 24.6 Å². The standard InChI is InChI=1S/C15H22O3S/c1-10-5-7-14(12(3)8-10)19(17,18)15-9-11(2)4-6-13(15)16/h5,7-8,11,13,15-16H,4,6,9H2,1-3H3. The minimum atomic E-state index is -3.44. The maximum absolute atomic E-state index is 12.7. The molecule has 1 aliphatic rings. The quantitative estimate of drug-likeness (QED) is 0.907. The van der Waals surface area contributed by atoms with E-state index in [1.165, 1.54) is 0 Å². The molecule has 1 N–H and O–H groups in total. The Balaban J connectivity index is 2.41. The molecule has 0 aliphatic heterocycles. The van der Waals surface area contributed by atoms with Crippen molar-refractivity contribution in [3.8, 4) is 0 Å². The van der Waals surface area contributed by atoms with Crippen LogP contribution in [0.3, 0.4) is 0 Å². The summed E-state index contributed by atoms with van der Waals surface area (Å²) in [6.45, 7) is 5.82. The molecule has 1 fully saturated rings. The number of hydrogen-bond acceptors (Lipinski definition) is 3. The molecular formula is C15H22O3S. The minimum Gasteiger partial charge on any atom is -0.392 e. The van der Waals surface area contributed by atoms with Gasteiger partial charge in [0, 0.05) is 0 Å². The summed E-state index contributed by atoms with van der Waals surface area (Å²) in [4.78, 5) is 0.372. The van der Waals surface area contributed by atoms with Crippen LogP contribution in [0.1, 0.15) is 37.3 Å². The van der Waals surface area contributed by atoms with E-state index >= 15 is 0 Å². The van der Waals surface area contributed by atoms with E-state index in [1.54, 1.807) is 6.07 Å². The van der Waals surface area contributed by atoms with Gasteiger partial charge in [-0.15, -0.1) is 0 Å². The fraction of sp³-hybridized carbons (Fsp3) is 0.600. The summed E-state index contributed by atoms with van der Waals surface area (Å²) in [6, 6.07) is 5.37. The largest absolute Gasteiger partial charge is 0.392 e. The molecule has 2 rings (SSSR count). The van der Waals surface area contributed by atoms with Gasteiger partial charge in [0.05, 0.1) is 16.2 Å². The van der Waals surface area contributed by atoms with Crippen molar-refractivity contribution < 1.29 is 13.5 Å². The molecule has 0 radical (unpaired) electrons. The summed E-state index contributed by atoms with van der Waals surface area (Å²) in [6.07, 6.45) is 1.30. The van der Waals surface area contributed by atoms with Crippen LogP contribution < -0.4 is 0 Å². The Morgan fingerprint density at radius 2 is 1.89 bits per heavy atom. The van der Waals surface area contributed by atoms with Crippen molar-refractivity contribution in [2.45, 2.75) is 56.3 Å². The lowest BCUT2D eigenvalue weighted by Crippen LogP contribution is -2.39. The Bertz CT molecular complexity index is 563. The molecule has 106 valence electrons. The highest BCUT2D eigenvalue weighted by atomic mass is 32.2. The first-order valence-electron chi connectivity index (χ1n) is 6.81. The van der Waals surface area contributed by atoms with Crippen molar-refractivity contribution >= 4 is 9.84 Å². The van der Waals surface area contributed by atoms with E-state index < -0.39 is 21.2 Å². The monoisotopic (exact) mass is 282 g/mol. The number of benzene rings is 1. The zero-order valence-corrected chi connectivity index (χ0v) is 12.6. The lowest BCUT2D eigenvalue weighted by Gasteiger charge is -2.31. The molecule has 4 heteroatoms. The van der Waals surface area contributed by atoms with Crippen molar-refractivity contribution in [2.75, 3.05) is 0 Å². The topological polar surface area (TPSA) is 54.4 Å². The Kier molecular flexibility index (Phi) is 4.02. The molecule has 19 heavy (non-hydrogen) atoms. The van der Waals surface area contributed by atoms with Gasteiger partial charge in [0.25, 0.3) is 0 Å². The summed E-state index contributed by atoms with van der Waals surface area (Å²) >= 11 is 0. The van der Waals surface area contributed by atoms with E-state index in [-0.39, 0.29) is 0 Å². The van der Waals surface area contributed by atoms with Crippen LogP contribution >= 0.6 is 0 Å². The van der Waals surface area contributed by atoms with Crippen LogP contribution in [0.2, 0.25) is 0 Å². The first kappa shape index (κ1) is 14.5. The van der Waals surface area contributed by atoms with Gasteiger partial charge in [0.1, 0.15) is 0 Å². The molecule has 0 amide bonds. The smallest absolute Gasteiger partial charge is 0.184 e. The van der Waals surface area contributed by atoms with Crippen LogP contribution in [0.25, 0.3) is 0 Å². The van der Waals surface area contributed by atoms with E-state index in [4.69, 9.17) is 0 Å². The van der Waals surface area contributed by atoms with Gasteiger partial charge in [-0.2, -0.15) is 0 Å². The highest BCUT2D eigenvalue weighted by molar-refractivity contribution is 7.92. The number of rotatable bonds is 2. The molecule has 1 aliphatic carbocycles. The normalized spacial score (nSPS) is 28.3. The van der Waals surface area contributed by atoms with Gasteiger partial charge in [-0.05, 0) is 50.7 Å². The summed E-state index contributed by atoms with van der Waals surface area (Å²) < 4.78 is 25.4. The van der Waals surface area contributed by atoms with Crippen LogP contribution in [0.15, 0.2) is 23.1 Å². The summed E-state index contributed by atoms with van der Waals surface area (Å²) in [5, 5.41) is 9.40. The Morgan fingerprint density at radius 3 is 2.53 bits per heavy atom. The number of aryl methyl sites for hydroxylation is 2.